The molecule has 0 aliphatic carbocycles. The van der Waals surface area contributed by atoms with Gasteiger partial charge < -0.3 is 4.74 Å². The standard InChI is InChI=1S/C13H24O2/c1-5-8-9-10-15-13(14)11(4)12(6-2)7-3/h5-10H2,1-4H3. The van der Waals surface area contributed by atoms with Crippen molar-refractivity contribution in [1.29, 1.82) is 0 Å². The second-order valence-corrected chi connectivity index (χ2v) is 3.78. The van der Waals surface area contributed by atoms with E-state index >= 15 is 0 Å². The molecular weight excluding hydrogens is 188 g/mol. The summed E-state index contributed by atoms with van der Waals surface area (Å²) in [7, 11) is 0. The van der Waals surface area contributed by atoms with Gasteiger partial charge in [-0.2, -0.15) is 0 Å². The van der Waals surface area contributed by atoms with Gasteiger partial charge in [0.2, 0.25) is 0 Å². The van der Waals surface area contributed by atoms with Crippen LogP contribution in [0.5, 0.6) is 0 Å². The Balaban J connectivity index is 4.03. The first kappa shape index (κ1) is 14.2. The lowest BCUT2D eigenvalue weighted by atomic mass is 10.1. The number of hydrogen-bond donors (Lipinski definition) is 0. The molecule has 0 saturated heterocycles. The van der Waals surface area contributed by atoms with Crippen LogP contribution in [-0.2, 0) is 9.53 Å². The zero-order valence-corrected chi connectivity index (χ0v) is 10.6. The summed E-state index contributed by atoms with van der Waals surface area (Å²) in [6.45, 7) is 8.72. The number of hydrogen-bond acceptors (Lipinski definition) is 2. The third-order valence-corrected chi connectivity index (χ3v) is 2.67. The van der Waals surface area contributed by atoms with Crippen LogP contribution in [0.25, 0.3) is 0 Å². The van der Waals surface area contributed by atoms with Crippen LogP contribution in [0.4, 0.5) is 0 Å². The molecule has 0 spiro atoms. The maximum atomic E-state index is 11.6. The minimum absolute atomic E-state index is 0.134. The predicted octanol–water partition coefficient (Wildman–Crippen LogP) is 3.86. The van der Waals surface area contributed by atoms with Crippen molar-refractivity contribution in [1.82, 2.24) is 0 Å². The molecule has 0 aromatic carbocycles. The van der Waals surface area contributed by atoms with Crippen molar-refractivity contribution in [2.24, 2.45) is 0 Å². The fourth-order valence-corrected chi connectivity index (χ4v) is 1.55. The average Bonchev–Trinajstić information content (AvgIpc) is 2.25. The van der Waals surface area contributed by atoms with Crippen molar-refractivity contribution >= 4 is 5.97 Å². The summed E-state index contributed by atoms with van der Waals surface area (Å²) in [4.78, 5) is 11.6. The fourth-order valence-electron chi connectivity index (χ4n) is 1.55. The zero-order chi connectivity index (χ0) is 11.7. The summed E-state index contributed by atoms with van der Waals surface area (Å²) in [5, 5.41) is 0. The van der Waals surface area contributed by atoms with E-state index < -0.39 is 0 Å². The van der Waals surface area contributed by atoms with E-state index in [0.29, 0.717) is 6.61 Å². The van der Waals surface area contributed by atoms with E-state index in [4.69, 9.17) is 4.74 Å². The second kappa shape index (κ2) is 8.51. The normalized spacial score (nSPS) is 9.87. The third-order valence-electron chi connectivity index (χ3n) is 2.67. The summed E-state index contributed by atoms with van der Waals surface area (Å²) >= 11 is 0. The Morgan fingerprint density at radius 3 is 2.13 bits per heavy atom. The fraction of sp³-hybridized carbons (Fsp3) is 0.769. The quantitative estimate of drug-likeness (QED) is 0.364. The number of allylic oxidation sites excluding steroid dienone is 1. The first-order valence-corrected chi connectivity index (χ1v) is 6.03. The minimum Gasteiger partial charge on any atom is -0.462 e. The number of carbonyl (C=O) groups excluding carboxylic acids is 1. The van der Waals surface area contributed by atoms with Crippen LogP contribution in [0.2, 0.25) is 0 Å². The molecule has 0 unspecified atom stereocenters. The number of esters is 1. The van der Waals surface area contributed by atoms with Gasteiger partial charge in [-0.1, -0.05) is 39.2 Å². The van der Waals surface area contributed by atoms with E-state index in [0.717, 1.165) is 37.7 Å². The summed E-state index contributed by atoms with van der Waals surface area (Å²) in [6.07, 6.45) is 5.13. The molecule has 0 fully saturated rings. The Bertz CT molecular complexity index is 211. The lowest BCUT2D eigenvalue weighted by Crippen LogP contribution is -2.09. The van der Waals surface area contributed by atoms with Gasteiger partial charge in [0.25, 0.3) is 0 Å². The highest BCUT2D eigenvalue weighted by Gasteiger charge is 2.09. The molecule has 0 aliphatic heterocycles. The van der Waals surface area contributed by atoms with Gasteiger partial charge in [-0.05, 0) is 26.2 Å². The second-order valence-electron chi connectivity index (χ2n) is 3.78. The van der Waals surface area contributed by atoms with Crippen LogP contribution in [0.15, 0.2) is 11.1 Å². The highest BCUT2D eigenvalue weighted by Crippen LogP contribution is 2.13. The lowest BCUT2D eigenvalue weighted by molar-refractivity contribution is -0.139. The molecule has 0 heterocycles. The van der Waals surface area contributed by atoms with E-state index in [1.165, 1.54) is 5.57 Å². The van der Waals surface area contributed by atoms with E-state index in [2.05, 4.69) is 20.8 Å². The number of rotatable bonds is 7. The van der Waals surface area contributed by atoms with Crippen LogP contribution in [0.1, 0.15) is 59.8 Å². The van der Waals surface area contributed by atoms with Crippen molar-refractivity contribution in [2.45, 2.75) is 59.8 Å². The summed E-state index contributed by atoms with van der Waals surface area (Å²) in [5.74, 6) is -0.134. The van der Waals surface area contributed by atoms with Gasteiger partial charge in [0, 0.05) is 5.57 Å². The monoisotopic (exact) mass is 212 g/mol. The predicted molar refractivity (Wildman–Crippen MR) is 63.8 cm³/mol. The first-order chi connectivity index (χ1) is 7.17. The van der Waals surface area contributed by atoms with E-state index in [1.54, 1.807) is 0 Å². The van der Waals surface area contributed by atoms with Crippen LogP contribution in [0.3, 0.4) is 0 Å². The van der Waals surface area contributed by atoms with Gasteiger partial charge in [0.05, 0.1) is 6.61 Å². The Kier molecular flexibility index (Phi) is 8.06. The molecule has 0 aliphatic rings. The van der Waals surface area contributed by atoms with Gasteiger partial charge in [0.1, 0.15) is 0 Å². The highest BCUT2D eigenvalue weighted by molar-refractivity contribution is 5.88. The molecule has 2 heteroatoms. The van der Waals surface area contributed by atoms with E-state index in [-0.39, 0.29) is 5.97 Å². The number of unbranched alkanes of at least 4 members (excludes halogenated alkanes) is 2. The zero-order valence-electron chi connectivity index (χ0n) is 10.6. The summed E-state index contributed by atoms with van der Waals surface area (Å²) in [6, 6.07) is 0. The van der Waals surface area contributed by atoms with Gasteiger partial charge >= 0.3 is 5.97 Å². The molecule has 0 bridgehead atoms. The molecule has 88 valence electrons. The molecule has 0 radical (unpaired) electrons. The third kappa shape index (κ3) is 5.60. The minimum atomic E-state index is -0.134. The Morgan fingerprint density at radius 2 is 1.67 bits per heavy atom. The van der Waals surface area contributed by atoms with Crippen LogP contribution in [-0.4, -0.2) is 12.6 Å². The SMILES string of the molecule is CCCCCOC(=O)C(C)=C(CC)CC. The molecular formula is C13H24O2. The van der Waals surface area contributed by atoms with Crippen molar-refractivity contribution in [3.63, 3.8) is 0 Å². The molecule has 2 nitrogen and oxygen atoms in total. The topological polar surface area (TPSA) is 26.3 Å². The van der Waals surface area contributed by atoms with E-state index in [1.807, 2.05) is 6.92 Å². The highest BCUT2D eigenvalue weighted by atomic mass is 16.5. The van der Waals surface area contributed by atoms with Gasteiger partial charge in [-0.3, -0.25) is 0 Å². The Morgan fingerprint density at radius 1 is 1.07 bits per heavy atom. The van der Waals surface area contributed by atoms with E-state index in [9.17, 15) is 4.79 Å². The van der Waals surface area contributed by atoms with Crippen molar-refractivity contribution in [3.8, 4) is 0 Å². The molecule has 0 atom stereocenters. The first-order valence-electron chi connectivity index (χ1n) is 6.03. The molecule has 0 amide bonds. The van der Waals surface area contributed by atoms with Crippen molar-refractivity contribution in [3.05, 3.63) is 11.1 Å². The summed E-state index contributed by atoms with van der Waals surface area (Å²) < 4.78 is 5.19. The van der Waals surface area contributed by atoms with Gasteiger partial charge in [0.15, 0.2) is 0 Å². The maximum Gasteiger partial charge on any atom is 0.333 e. The van der Waals surface area contributed by atoms with Crippen molar-refractivity contribution in [2.75, 3.05) is 6.61 Å². The smallest absolute Gasteiger partial charge is 0.333 e. The molecule has 0 saturated carbocycles. The van der Waals surface area contributed by atoms with Crippen LogP contribution < -0.4 is 0 Å². The molecule has 0 aromatic rings. The van der Waals surface area contributed by atoms with Gasteiger partial charge in [-0.25, -0.2) is 4.79 Å². The Labute approximate surface area is 93.7 Å². The largest absolute Gasteiger partial charge is 0.462 e. The number of carbonyl (C=O) groups is 1. The van der Waals surface area contributed by atoms with Crippen LogP contribution >= 0.6 is 0 Å². The Hall–Kier alpha value is -0.790. The lowest BCUT2D eigenvalue weighted by Gasteiger charge is -2.08. The average molecular weight is 212 g/mol. The maximum absolute atomic E-state index is 11.6. The molecule has 0 aromatic heterocycles. The molecule has 15 heavy (non-hydrogen) atoms. The van der Waals surface area contributed by atoms with Crippen molar-refractivity contribution < 1.29 is 9.53 Å². The van der Waals surface area contributed by atoms with Gasteiger partial charge in [-0.15, -0.1) is 0 Å². The molecule has 0 rings (SSSR count). The van der Waals surface area contributed by atoms with Crippen LogP contribution in [0, 0.1) is 0 Å². The summed E-state index contributed by atoms with van der Waals surface area (Å²) in [5.41, 5.74) is 2.01. The number of ether oxygens (including phenoxy) is 1. The molecule has 0 N–H and O–H groups in total.